The molecule has 0 saturated carbocycles. The number of aryl methyl sites for hydroxylation is 2. The molecule has 0 fully saturated rings. The molecular weight excluding hydrogens is 592 g/mol. The second-order valence-electron chi connectivity index (χ2n) is 9.65. The molecule has 0 heterocycles. The number of halogens is 1. The molecule has 0 aliphatic carbocycles. The van der Waals surface area contributed by atoms with E-state index in [1.807, 2.05) is 39.0 Å². The molecule has 43 heavy (non-hydrogen) atoms. The van der Waals surface area contributed by atoms with E-state index in [-0.39, 0.29) is 38.8 Å². The fraction of sp³-hybridized carbons (Fsp3) is 0.300. The Labute approximate surface area is 259 Å². The third-order valence-electron chi connectivity index (χ3n) is 6.04. The van der Waals surface area contributed by atoms with Crippen LogP contribution in [0.2, 0.25) is 5.02 Å². The van der Waals surface area contributed by atoms with Crippen LogP contribution in [-0.4, -0.2) is 29.4 Å². The third kappa shape index (κ3) is 8.60. The average molecular weight is 625 g/mol. The van der Waals surface area contributed by atoms with Crippen LogP contribution in [0.1, 0.15) is 38.3 Å². The molecule has 0 aromatic heterocycles. The molecule has 0 radical (unpaired) electrons. The fourth-order valence-corrected chi connectivity index (χ4v) is 5.03. The standard InChI is InChI=1S/C30H33ClN6O5S/c1-9-30(40-8,41-27-13-10-19(4)14-20(27)5)35-21-11-12-22(31)23(15-21)34-29(38)37-36-26-16-24(32-6)25(33-7)17-28(26)43(39)42-18(2)3/h10-18,35-36H,9H2,1-5,8H3,(H2,34,37,38). The van der Waals surface area contributed by atoms with E-state index in [1.54, 1.807) is 32.0 Å². The minimum atomic E-state index is -1.97. The zero-order valence-corrected chi connectivity index (χ0v) is 26.2. The molecule has 0 bridgehead atoms. The van der Waals surface area contributed by atoms with Gasteiger partial charge >= 0.3 is 6.03 Å². The summed E-state index contributed by atoms with van der Waals surface area (Å²) in [4.78, 5) is 19.6. The van der Waals surface area contributed by atoms with E-state index < -0.39 is 23.0 Å². The van der Waals surface area contributed by atoms with Crippen molar-refractivity contribution in [2.24, 2.45) is 0 Å². The number of urea groups is 1. The first-order chi connectivity index (χ1) is 20.4. The lowest BCUT2D eigenvalue weighted by Gasteiger charge is -2.34. The highest BCUT2D eigenvalue weighted by molar-refractivity contribution is 7.80. The van der Waals surface area contributed by atoms with E-state index in [1.165, 1.54) is 19.2 Å². The lowest BCUT2D eigenvalue weighted by Crippen LogP contribution is -2.45. The van der Waals surface area contributed by atoms with Crippen molar-refractivity contribution in [3.63, 3.8) is 0 Å². The number of methoxy groups -OCH3 is 1. The van der Waals surface area contributed by atoms with Crippen LogP contribution in [0.3, 0.4) is 0 Å². The number of carbonyl (C=O) groups is 1. The molecular formula is C30H33ClN6O5S. The maximum Gasteiger partial charge on any atom is 0.337 e. The Morgan fingerprint density at radius 1 is 1.05 bits per heavy atom. The summed E-state index contributed by atoms with van der Waals surface area (Å²) in [5, 5.41) is 6.17. The number of anilines is 3. The minimum Gasteiger partial charge on any atom is -0.444 e. The number of carbonyl (C=O) groups excluding carboxylic acids is 1. The van der Waals surface area contributed by atoms with Gasteiger partial charge in [-0.2, -0.15) is 0 Å². The maximum atomic E-state index is 12.9. The van der Waals surface area contributed by atoms with Crippen molar-refractivity contribution in [1.82, 2.24) is 5.43 Å². The van der Waals surface area contributed by atoms with Crippen molar-refractivity contribution in [3.8, 4) is 5.75 Å². The lowest BCUT2D eigenvalue weighted by atomic mass is 10.1. The zero-order valence-electron chi connectivity index (χ0n) is 24.6. The van der Waals surface area contributed by atoms with Gasteiger partial charge in [-0.1, -0.05) is 36.2 Å². The first-order valence-electron chi connectivity index (χ1n) is 13.2. The van der Waals surface area contributed by atoms with E-state index >= 15 is 0 Å². The van der Waals surface area contributed by atoms with Crippen LogP contribution in [0.25, 0.3) is 9.69 Å². The topological polar surface area (TPSA) is 119 Å². The molecule has 0 aliphatic heterocycles. The van der Waals surface area contributed by atoms with Gasteiger partial charge < -0.3 is 20.1 Å². The molecule has 3 aromatic rings. The monoisotopic (exact) mass is 624 g/mol. The fourth-order valence-electron chi connectivity index (χ4n) is 3.91. The molecule has 4 N–H and O–H groups in total. The van der Waals surface area contributed by atoms with Crippen LogP contribution in [-0.2, 0) is 20.0 Å². The highest BCUT2D eigenvalue weighted by Gasteiger charge is 2.31. The Balaban J connectivity index is 1.79. The predicted molar refractivity (Wildman–Crippen MR) is 169 cm³/mol. The van der Waals surface area contributed by atoms with Crippen LogP contribution in [0.5, 0.6) is 5.75 Å². The Morgan fingerprint density at radius 3 is 2.35 bits per heavy atom. The van der Waals surface area contributed by atoms with Gasteiger partial charge in [0.1, 0.15) is 5.75 Å². The molecule has 3 aromatic carbocycles. The number of hydrogen-bond donors (Lipinski definition) is 4. The normalized spacial score (nSPS) is 12.8. The summed E-state index contributed by atoms with van der Waals surface area (Å²) in [5.41, 5.74) is 8.16. The first kappa shape index (κ1) is 33.2. The first-order valence-corrected chi connectivity index (χ1v) is 14.6. The van der Waals surface area contributed by atoms with E-state index in [4.69, 9.17) is 38.4 Å². The molecule has 13 heteroatoms. The van der Waals surface area contributed by atoms with E-state index in [0.717, 1.165) is 11.1 Å². The van der Waals surface area contributed by atoms with Gasteiger partial charge in [0.05, 0.1) is 40.5 Å². The van der Waals surface area contributed by atoms with Crippen LogP contribution in [0, 0.1) is 27.0 Å². The van der Waals surface area contributed by atoms with Gasteiger partial charge in [-0.25, -0.2) is 9.00 Å². The highest BCUT2D eigenvalue weighted by Crippen LogP contribution is 2.36. The summed E-state index contributed by atoms with van der Waals surface area (Å²) in [5.74, 6) is -0.554. The number of hydrogen-bond acceptors (Lipinski definition) is 7. The van der Waals surface area contributed by atoms with Gasteiger partial charge in [0.15, 0.2) is 22.5 Å². The molecule has 0 saturated heterocycles. The van der Waals surface area contributed by atoms with Crippen LogP contribution < -0.4 is 26.2 Å². The molecule has 0 spiro atoms. The second-order valence-corrected chi connectivity index (χ2v) is 11.2. The maximum absolute atomic E-state index is 12.9. The van der Waals surface area contributed by atoms with Crippen LogP contribution >= 0.6 is 11.6 Å². The molecule has 226 valence electrons. The number of amides is 2. The van der Waals surface area contributed by atoms with Crippen LogP contribution in [0.4, 0.5) is 33.2 Å². The number of ether oxygens (including phenoxy) is 2. The van der Waals surface area contributed by atoms with E-state index in [0.29, 0.717) is 17.9 Å². The molecule has 11 nitrogen and oxygen atoms in total. The smallest absolute Gasteiger partial charge is 0.337 e. The molecule has 2 atom stereocenters. The van der Waals surface area contributed by atoms with Gasteiger partial charge in [-0.15, -0.1) is 0 Å². The Bertz CT molecular complexity index is 1600. The number of hydrazine groups is 1. The van der Waals surface area contributed by atoms with Crippen molar-refractivity contribution < 1.29 is 22.7 Å². The summed E-state index contributed by atoms with van der Waals surface area (Å²) >= 11 is 4.41. The van der Waals surface area contributed by atoms with Crippen molar-refractivity contribution in [2.45, 2.75) is 58.0 Å². The SMILES string of the molecule is [C-]#[N+]c1cc(NNC(=O)Nc2cc(NC(CC)(OC)Oc3ccc(C)cc3C)ccc2Cl)c(S(=O)OC(C)C)cc1[N+]#[C-]. The summed E-state index contributed by atoms with van der Waals surface area (Å²) < 4.78 is 30.2. The third-order valence-corrected chi connectivity index (χ3v) is 7.62. The van der Waals surface area contributed by atoms with Crippen molar-refractivity contribution >= 4 is 57.1 Å². The molecule has 2 unspecified atom stereocenters. The van der Waals surface area contributed by atoms with Gasteiger partial charge in [0, 0.05) is 19.2 Å². The highest BCUT2D eigenvalue weighted by atomic mass is 35.5. The van der Waals surface area contributed by atoms with Crippen molar-refractivity contribution in [1.29, 1.82) is 0 Å². The van der Waals surface area contributed by atoms with Gasteiger partial charge in [0.2, 0.25) is 0 Å². The van der Waals surface area contributed by atoms with E-state index in [9.17, 15) is 9.00 Å². The number of nitrogens with one attached hydrogen (secondary N) is 4. The predicted octanol–water partition coefficient (Wildman–Crippen LogP) is 7.86. The van der Waals surface area contributed by atoms with Crippen molar-refractivity contribution in [3.05, 3.63) is 87.5 Å². The Kier molecular flexibility index (Phi) is 11.4. The van der Waals surface area contributed by atoms with Gasteiger partial charge in [-0.05, 0) is 69.7 Å². The lowest BCUT2D eigenvalue weighted by molar-refractivity contribution is -0.143. The number of nitrogens with zero attached hydrogens (tertiary/aromatic N) is 2. The minimum absolute atomic E-state index is 0.0116. The zero-order chi connectivity index (χ0) is 31.7. The Morgan fingerprint density at radius 2 is 1.74 bits per heavy atom. The quantitative estimate of drug-likeness (QED) is 0.0920. The molecule has 0 aliphatic rings. The largest absolute Gasteiger partial charge is 0.444 e. The van der Waals surface area contributed by atoms with Gasteiger partial charge in [0.25, 0.3) is 5.91 Å². The summed E-state index contributed by atoms with van der Waals surface area (Å²) in [6.07, 6.45) is 0.0659. The average Bonchev–Trinajstić information content (AvgIpc) is 2.97. The second kappa shape index (κ2) is 14.7. The Hall–Kier alpha value is -4.33. The molecule has 3 rings (SSSR count). The summed E-state index contributed by atoms with van der Waals surface area (Å²) in [6.45, 7) is 24.0. The summed E-state index contributed by atoms with van der Waals surface area (Å²) in [7, 11) is 1.53. The number of benzene rings is 3. The van der Waals surface area contributed by atoms with Crippen molar-refractivity contribution in [2.75, 3.05) is 23.2 Å². The molecule has 2 amide bonds. The van der Waals surface area contributed by atoms with E-state index in [2.05, 4.69) is 31.2 Å². The summed E-state index contributed by atoms with van der Waals surface area (Å²) in [6, 6.07) is 12.7. The van der Waals surface area contributed by atoms with Crippen LogP contribution in [0.15, 0.2) is 53.4 Å². The number of rotatable bonds is 12. The van der Waals surface area contributed by atoms with Gasteiger partial charge in [-0.3, -0.25) is 24.7 Å².